The summed E-state index contributed by atoms with van der Waals surface area (Å²) in [5.41, 5.74) is 3.32. The Labute approximate surface area is 196 Å². The molecule has 5 nitrogen and oxygen atoms in total. The van der Waals surface area contributed by atoms with E-state index in [9.17, 15) is 4.79 Å². The van der Waals surface area contributed by atoms with Gasteiger partial charge in [0.25, 0.3) is 5.56 Å². The number of thiophene rings is 1. The second-order valence-electron chi connectivity index (χ2n) is 8.92. The fourth-order valence-electron chi connectivity index (χ4n) is 4.76. The van der Waals surface area contributed by atoms with Gasteiger partial charge in [0, 0.05) is 10.6 Å². The Morgan fingerprint density at radius 3 is 2.75 bits per heavy atom. The molecule has 32 heavy (non-hydrogen) atoms. The summed E-state index contributed by atoms with van der Waals surface area (Å²) >= 11 is 3.54. The van der Waals surface area contributed by atoms with Crippen LogP contribution in [0.2, 0.25) is 0 Å². The lowest BCUT2D eigenvalue weighted by molar-refractivity contribution is 0.601. The first kappa shape index (κ1) is 21.7. The highest BCUT2D eigenvalue weighted by Crippen LogP contribution is 2.41. The highest BCUT2D eigenvalue weighted by Gasteiger charge is 2.28. The molecule has 1 atom stereocenters. The van der Waals surface area contributed by atoms with Crippen molar-refractivity contribution in [2.75, 3.05) is 5.75 Å². The van der Waals surface area contributed by atoms with Crippen molar-refractivity contribution in [3.05, 3.63) is 50.6 Å². The second-order valence-corrected chi connectivity index (χ2v) is 11.1. The maximum absolute atomic E-state index is 13.9. The van der Waals surface area contributed by atoms with Crippen LogP contribution in [0.1, 0.15) is 74.3 Å². The van der Waals surface area contributed by atoms with Gasteiger partial charge < -0.3 is 0 Å². The highest BCUT2D eigenvalue weighted by molar-refractivity contribution is 7.99. The first-order valence-corrected chi connectivity index (χ1v) is 13.6. The van der Waals surface area contributed by atoms with Gasteiger partial charge >= 0.3 is 0 Å². The minimum absolute atomic E-state index is 0.0366. The minimum Gasteiger partial charge on any atom is -0.268 e. The van der Waals surface area contributed by atoms with Crippen molar-refractivity contribution in [2.24, 2.45) is 0 Å². The van der Waals surface area contributed by atoms with Crippen LogP contribution < -0.4 is 5.56 Å². The van der Waals surface area contributed by atoms with Crippen molar-refractivity contribution in [2.45, 2.75) is 76.8 Å². The number of hydrogen-bond acceptors (Lipinski definition) is 5. The number of unbranched alkanes of at least 4 members (excludes halogenated alkanes) is 3. The van der Waals surface area contributed by atoms with Gasteiger partial charge in [-0.05, 0) is 56.2 Å². The molecule has 1 aromatic carbocycles. The molecule has 168 valence electrons. The average Bonchev–Trinajstić information content (AvgIpc) is 3.37. The summed E-state index contributed by atoms with van der Waals surface area (Å²) in [5, 5.41) is 10.9. The molecule has 0 unspecified atom stereocenters. The largest absolute Gasteiger partial charge is 0.268 e. The number of fused-ring (bicyclic) bond motifs is 5. The van der Waals surface area contributed by atoms with Crippen LogP contribution in [0.5, 0.6) is 0 Å². The molecule has 0 aliphatic heterocycles. The molecule has 5 rings (SSSR count). The molecule has 0 fully saturated rings. The van der Waals surface area contributed by atoms with Crippen LogP contribution in [0.15, 0.2) is 34.2 Å². The summed E-state index contributed by atoms with van der Waals surface area (Å²) < 4.78 is 3.92. The summed E-state index contributed by atoms with van der Waals surface area (Å²) in [7, 11) is 0. The lowest BCUT2D eigenvalue weighted by Gasteiger charge is -2.18. The molecular weight excluding hydrogens is 436 g/mol. The lowest BCUT2D eigenvalue weighted by Crippen LogP contribution is -2.22. The van der Waals surface area contributed by atoms with Crippen LogP contribution in [0.25, 0.3) is 21.7 Å². The molecule has 0 radical (unpaired) electrons. The van der Waals surface area contributed by atoms with Crippen molar-refractivity contribution in [3.8, 4) is 5.69 Å². The smallest absolute Gasteiger partial charge is 0.268 e. The minimum atomic E-state index is 0.0366. The summed E-state index contributed by atoms with van der Waals surface area (Å²) in [6, 6.07) is 8.12. The lowest BCUT2D eigenvalue weighted by atomic mass is 9.88. The number of benzene rings is 1. The molecule has 0 amide bonds. The van der Waals surface area contributed by atoms with Gasteiger partial charge in [0.1, 0.15) is 4.83 Å². The van der Waals surface area contributed by atoms with E-state index in [1.54, 1.807) is 27.7 Å². The first-order valence-electron chi connectivity index (χ1n) is 11.8. The highest BCUT2D eigenvalue weighted by atomic mass is 32.2. The molecule has 1 aliphatic rings. The summed E-state index contributed by atoms with van der Waals surface area (Å²) in [6.45, 7) is 6.56. The van der Waals surface area contributed by atoms with Crippen molar-refractivity contribution in [1.29, 1.82) is 0 Å². The predicted octanol–water partition coefficient (Wildman–Crippen LogP) is 6.52. The van der Waals surface area contributed by atoms with Crippen LogP contribution in [-0.2, 0) is 6.42 Å². The fourth-order valence-corrected chi connectivity index (χ4v) is 7.20. The van der Waals surface area contributed by atoms with Gasteiger partial charge in [0.2, 0.25) is 5.78 Å². The standard InChI is InChI=1S/C25H30N4OS2/c1-4-5-6-7-15-31-25-27-26-24-28(18-13-11-16(2)12-14-18)22(30)21-20-17(3)9-8-10-19(20)32-23(21)29(24)25/h11-14,17H,4-10,15H2,1-3H3/t17-/m1/s1. The molecule has 0 saturated heterocycles. The zero-order chi connectivity index (χ0) is 22.2. The van der Waals surface area contributed by atoms with Gasteiger partial charge in [-0.25, -0.2) is 8.97 Å². The van der Waals surface area contributed by atoms with Crippen LogP contribution in [0.3, 0.4) is 0 Å². The van der Waals surface area contributed by atoms with E-state index in [0.29, 0.717) is 11.7 Å². The maximum Gasteiger partial charge on any atom is 0.268 e. The Bertz CT molecular complexity index is 1320. The Morgan fingerprint density at radius 2 is 1.97 bits per heavy atom. The van der Waals surface area contributed by atoms with Crippen LogP contribution in [-0.4, -0.2) is 24.9 Å². The van der Waals surface area contributed by atoms with E-state index in [4.69, 9.17) is 0 Å². The number of thioether (sulfide) groups is 1. The Balaban J connectivity index is 1.73. The molecule has 7 heteroatoms. The van der Waals surface area contributed by atoms with E-state index in [0.717, 1.165) is 39.7 Å². The quantitative estimate of drug-likeness (QED) is 0.230. The van der Waals surface area contributed by atoms with Crippen molar-refractivity contribution >= 4 is 39.1 Å². The van der Waals surface area contributed by atoms with E-state index in [1.807, 2.05) is 24.3 Å². The zero-order valence-electron chi connectivity index (χ0n) is 19.1. The number of rotatable bonds is 7. The van der Waals surface area contributed by atoms with Gasteiger partial charge in [-0.3, -0.25) is 4.79 Å². The summed E-state index contributed by atoms with van der Waals surface area (Å²) in [4.78, 5) is 16.3. The van der Waals surface area contributed by atoms with E-state index in [-0.39, 0.29) is 5.56 Å². The number of aromatic nitrogens is 4. The van der Waals surface area contributed by atoms with Gasteiger partial charge in [-0.1, -0.05) is 62.6 Å². The van der Waals surface area contributed by atoms with Gasteiger partial charge in [0.05, 0.1) is 11.1 Å². The van der Waals surface area contributed by atoms with E-state index in [2.05, 4.69) is 35.4 Å². The Hall–Kier alpha value is -2.12. The van der Waals surface area contributed by atoms with Crippen molar-refractivity contribution < 1.29 is 0 Å². The third kappa shape index (κ3) is 3.69. The van der Waals surface area contributed by atoms with Crippen molar-refractivity contribution in [1.82, 2.24) is 19.2 Å². The molecule has 3 heterocycles. The molecule has 1 aliphatic carbocycles. The van der Waals surface area contributed by atoms with Crippen molar-refractivity contribution in [3.63, 3.8) is 0 Å². The number of aryl methyl sites for hydroxylation is 2. The molecule has 0 bridgehead atoms. The van der Waals surface area contributed by atoms with E-state index in [1.165, 1.54) is 48.1 Å². The Morgan fingerprint density at radius 1 is 1.16 bits per heavy atom. The van der Waals surface area contributed by atoms with E-state index < -0.39 is 0 Å². The van der Waals surface area contributed by atoms with Crippen LogP contribution in [0, 0.1) is 6.92 Å². The molecule has 0 saturated carbocycles. The van der Waals surface area contributed by atoms with Gasteiger partial charge in [-0.15, -0.1) is 21.5 Å². The number of nitrogens with zero attached hydrogens (tertiary/aromatic N) is 4. The van der Waals surface area contributed by atoms with Gasteiger partial charge in [-0.2, -0.15) is 0 Å². The Kier molecular flexibility index (Phi) is 6.12. The zero-order valence-corrected chi connectivity index (χ0v) is 20.7. The third-order valence-corrected chi connectivity index (χ3v) is 8.76. The first-order chi connectivity index (χ1) is 15.6. The van der Waals surface area contributed by atoms with Crippen LogP contribution >= 0.6 is 23.1 Å². The third-order valence-electron chi connectivity index (χ3n) is 6.49. The topological polar surface area (TPSA) is 52.2 Å². The molecular formula is C25H30N4OS2. The summed E-state index contributed by atoms with van der Waals surface area (Å²) in [6.07, 6.45) is 8.32. The molecule has 0 N–H and O–H groups in total. The SMILES string of the molecule is CCCCCCSc1nnc2n(-c3ccc(C)cc3)c(=O)c3c4c(sc3n12)CCC[C@H]4C. The van der Waals surface area contributed by atoms with Gasteiger partial charge in [0.15, 0.2) is 5.16 Å². The fraction of sp³-hybridized carbons (Fsp3) is 0.480. The molecule has 3 aromatic heterocycles. The van der Waals surface area contributed by atoms with E-state index >= 15 is 0 Å². The normalized spacial score (nSPS) is 16.2. The molecule has 4 aromatic rings. The average molecular weight is 467 g/mol. The second kappa shape index (κ2) is 9.02. The van der Waals surface area contributed by atoms with Crippen LogP contribution in [0.4, 0.5) is 0 Å². The number of hydrogen-bond donors (Lipinski definition) is 0. The monoisotopic (exact) mass is 466 g/mol. The maximum atomic E-state index is 13.9. The molecule has 0 spiro atoms. The summed E-state index contributed by atoms with van der Waals surface area (Å²) in [5.74, 6) is 2.05. The predicted molar refractivity (Wildman–Crippen MR) is 135 cm³/mol.